The predicted octanol–water partition coefficient (Wildman–Crippen LogP) is 2.98. The lowest BCUT2D eigenvalue weighted by atomic mass is 10.1. The molecule has 0 atom stereocenters. The number of phenols is 1. The molecule has 2 aromatic carbocycles. The molecular weight excluding hydrogens is 463 g/mol. The molecular formula is C19H15IN2O5. The van der Waals surface area contributed by atoms with E-state index in [0.29, 0.717) is 14.8 Å². The zero-order chi connectivity index (χ0) is 19.7. The fourth-order valence-corrected chi connectivity index (χ4v) is 3.21. The van der Waals surface area contributed by atoms with E-state index in [9.17, 15) is 19.5 Å². The maximum Gasteiger partial charge on any atom is 0.335 e. The molecule has 2 N–H and O–H groups in total. The van der Waals surface area contributed by atoms with E-state index < -0.39 is 17.8 Å². The van der Waals surface area contributed by atoms with Crippen molar-refractivity contribution >= 4 is 52.2 Å². The van der Waals surface area contributed by atoms with E-state index in [-0.39, 0.29) is 17.1 Å². The number of methoxy groups -OCH3 is 1. The van der Waals surface area contributed by atoms with Gasteiger partial charge in [-0.2, -0.15) is 0 Å². The van der Waals surface area contributed by atoms with Crippen molar-refractivity contribution in [3.63, 3.8) is 0 Å². The Kier molecular flexibility index (Phi) is 5.17. The first-order valence-electron chi connectivity index (χ1n) is 7.86. The first-order valence-corrected chi connectivity index (χ1v) is 8.94. The molecule has 1 heterocycles. The topological polar surface area (TPSA) is 95.9 Å². The van der Waals surface area contributed by atoms with Gasteiger partial charge in [0, 0.05) is 0 Å². The summed E-state index contributed by atoms with van der Waals surface area (Å²) in [6.45, 7) is 1.89. The number of amides is 4. The molecule has 27 heavy (non-hydrogen) atoms. The Labute approximate surface area is 168 Å². The van der Waals surface area contributed by atoms with E-state index in [4.69, 9.17) is 4.74 Å². The number of hydrogen-bond acceptors (Lipinski definition) is 5. The van der Waals surface area contributed by atoms with Crippen LogP contribution in [-0.4, -0.2) is 30.1 Å². The maximum atomic E-state index is 12.8. The Balaban J connectivity index is 2.04. The molecule has 0 aliphatic carbocycles. The zero-order valence-corrected chi connectivity index (χ0v) is 16.6. The summed E-state index contributed by atoms with van der Waals surface area (Å²) in [4.78, 5) is 38.2. The van der Waals surface area contributed by atoms with Gasteiger partial charge in [-0.25, -0.2) is 9.69 Å². The molecule has 0 bridgehead atoms. The predicted molar refractivity (Wildman–Crippen MR) is 108 cm³/mol. The Hall–Kier alpha value is -2.88. The minimum atomic E-state index is -0.802. The van der Waals surface area contributed by atoms with Crippen molar-refractivity contribution in [2.24, 2.45) is 0 Å². The van der Waals surface area contributed by atoms with Crippen molar-refractivity contribution in [1.82, 2.24) is 5.32 Å². The van der Waals surface area contributed by atoms with Crippen molar-refractivity contribution in [3.05, 3.63) is 56.7 Å². The molecule has 8 heteroatoms. The number of ether oxygens (including phenoxy) is 1. The Bertz CT molecular complexity index is 982. The van der Waals surface area contributed by atoms with Crippen LogP contribution in [0.5, 0.6) is 11.5 Å². The number of carbonyl (C=O) groups excluding carboxylic acids is 3. The molecule has 1 aliphatic heterocycles. The summed E-state index contributed by atoms with van der Waals surface area (Å²) in [5.74, 6) is -1.33. The zero-order valence-electron chi connectivity index (χ0n) is 14.4. The highest BCUT2D eigenvalue weighted by atomic mass is 127. The van der Waals surface area contributed by atoms with Crippen LogP contribution in [0.1, 0.15) is 11.1 Å². The third kappa shape index (κ3) is 3.65. The van der Waals surface area contributed by atoms with Crippen molar-refractivity contribution in [2.45, 2.75) is 6.92 Å². The minimum Gasteiger partial charge on any atom is -0.504 e. The number of nitrogens with zero attached hydrogens (tertiary/aromatic N) is 1. The summed E-state index contributed by atoms with van der Waals surface area (Å²) >= 11 is 1.91. The lowest BCUT2D eigenvalue weighted by molar-refractivity contribution is -0.122. The smallest absolute Gasteiger partial charge is 0.335 e. The number of benzene rings is 2. The molecule has 2 aromatic rings. The average Bonchev–Trinajstić information content (AvgIpc) is 2.62. The summed E-state index contributed by atoms with van der Waals surface area (Å²) < 4.78 is 5.59. The van der Waals surface area contributed by atoms with Gasteiger partial charge in [0.15, 0.2) is 11.5 Å². The van der Waals surface area contributed by atoms with Crippen molar-refractivity contribution in [1.29, 1.82) is 0 Å². The number of aryl methyl sites for hydroxylation is 1. The number of phenolic OH excluding ortho intramolecular Hbond substituents is 1. The molecule has 0 saturated carbocycles. The number of anilines is 1. The van der Waals surface area contributed by atoms with Crippen LogP contribution in [0.25, 0.3) is 6.08 Å². The van der Waals surface area contributed by atoms with E-state index in [1.807, 2.05) is 29.5 Å². The quantitative estimate of drug-likeness (QED) is 0.402. The fraction of sp³-hybridized carbons (Fsp3) is 0.105. The number of hydrogen-bond donors (Lipinski definition) is 2. The first kappa shape index (κ1) is 18.9. The second kappa shape index (κ2) is 7.39. The monoisotopic (exact) mass is 478 g/mol. The Morgan fingerprint density at radius 3 is 2.44 bits per heavy atom. The molecule has 7 nitrogen and oxygen atoms in total. The van der Waals surface area contributed by atoms with Gasteiger partial charge in [-0.15, -0.1) is 0 Å². The number of urea groups is 1. The lowest BCUT2D eigenvalue weighted by Crippen LogP contribution is -2.54. The van der Waals surface area contributed by atoms with Gasteiger partial charge < -0.3 is 9.84 Å². The molecule has 0 spiro atoms. The van der Waals surface area contributed by atoms with Gasteiger partial charge in [0.1, 0.15) is 5.57 Å². The van der Waals surface area contributed by atoms with E-state index in [1.54, 1.807) is 30.3 Å². The summed E-state index contributed by atoms with van der Waals surface area (Å²) in [5.41, 5.74) is 1.62. The number of rotatable bonds is 3. The van der Waals surface area contributed by atoms with Crippen LogP contribution < -0.4 is 15.0 Å². The van der Waals surface area contributed by atoms with Gasteiger partial charge in [0.2, 0.25) is 0 Å². The second-order valence-electron chi connectivity index (χ2n) is 5.85. The third-order valence-corrected chi connectivity index (χ3v) is 4.80. The molecule has 1 aliphatic rings. The van der Waals surface area contributed by atoms with Crippen LogP contribution in [-0.2, 0) is 9.59 Å². The maximum absolute atomic E-state index is 12.8. The molecule has 1 saturated heterocycles. The molecule has 0 unspecified atom stereocenters. The van der Waals surface area contributed by atoms with Crippen LogP contribution in [0.15, 0.2) is 42.0 Å². The first-order chi connectivity index (χ1) is 12.8. The molecule has 138 valence electrons. The lowest BCUT2D eigenvalue weighted by Gasteiger charge is -2.26. The van der Waals surface area contributed by atoms with Crippen molar-refractivity contribution in [2.75, 3.05) is 12.0 Å². The van der Waals surface area contributed by atoms with E-state index >= 15 is 0 Å². The molecule has 3 rings (SSSR count). The molecule has 0 aromatic heterocycles. The van der Waals surface area contributed by atoms with Crippen LogP contribution in [0, 0.1) is 10.5 Å². The van der Waals surface area contributed by atoms with Crippen LogP contribution in [0.3, 0.4) is 0 Å². The van der Waals surface area contributed by atoms with Gasteiger partial charge >= 0.3 is 6.03 Å². The van der Waals surface area contributed by atoms with Gasteiger partial charge in [0.25, 0.3) is 11.8 Å². The van der Waals surface area contributed by atoms with Crippen LogP contribution in [0.4, 0.5) is 10.5 Å². The van der Waals surface area contributed by atoms with Gasteiger partial charge in [-0.05, 0) is 65.4 Å². The van der Waals surface area contributed by atoms with Gasteiger partial charge in [-0.3, -0.25) is 14.9 Å². The van der Waals surface area contributed by atoms with E-state index in [0.717, 1.165) is 10.5 Å². The number of barbiturate groups is 1. The highest BCUT2D eigenvalue weighted by Gasteiger charge is 2.36. The number of nitrogens with one attached hydrogen (secondary N) is 1. The van der Waals surface area contributed by atoms with Crippen molar-refractivity contribution < 1.29 is 24.2 Å². The van der Waals surface area contributed by atoms with Gasteiger partial charge in [-0.1, -0.05) is 17.7 Å². The standard InChI is InChI=1S/C19H15IN2O5/c1-10-3-5-12(6-4-10)22-18(25)13(17(24)21-19(22)26)7-11-8-14(20)16(23)15(9-11)27-2/h3-9,23H,1-2H3,(H,21,24,26)/b13-7-. The average molecular weight is 478 g/mol. The summed E-state index contributed by atoms with van der Waals surface area (Å²) in [7, 11) is 1.40. The SMILES string of the molecule is COc1cc(/C=C2/C(=O)NC(=O)N(c3ccc(C)cc3)C2=O)cc(I)c1O. The highest BCUT2D eigenvalue weighted by molar-refractivity contribution is 14.1. The van der Waals surface area contributed by atoms with E-state index in [2.05, 4.69) is 5.32 Å². The highest BCUT2D eigenvalue weighted by Crippen LogP contribution is 2.33. The third-order valence-electron chi connectivity index (χ3n) is 3.98. The molecule has 1 fully saturated rings. The van der Waals surface area contributed by atoms with Crippen molar-refractivity contribution in [3.8, 4) is 11.5 Å². The largest absolute Gasteiger partial charge is 0.504 e. The molecule has 0 radical (unpaired) electrons. The van der Waals surface area contributed by atoms with E-state index in [1.165, 1.54) is 19.3 Å². The Morgan fingerprint density at radius 1 is 1.15 bits per heavy atom. The number of carbonyl (C=O) groups is 3. The van der Waals surface area contributed by atoms with Gasteiger partial charge in [0.05, 0.1) is 16.4 Å². The molecule has 4 amide bonds. The number of halogens is 1. The normalized spacial score (nSPS) is 15.9. The second-order valence-corrected chi connectivity index (χ2v) is 7.01. The Morgan fingerprint density at radius 2 is 1.81 bits per heavy atom. The van der Waals surface area contributed by atoms with Crippen LogP contribution >= 0.6 is 22.6 Å². The summed E-state index contributed by atoms with van der Waals surface area (Å²) in [5, 5.41) is 12.1. The summed E-state index contributed by atoms with van der Waals surface area (Å²) in [6.07, 6.45) is 1.36. The number of aromatic hydroxyl groups is 1. The fourth-order valence-electron chi connectivity index (χ4n) is 2.59. The van der Waals surface area contributed by atoms with Crippen LogP contribution in [0.2, 0.25) is 0 Å². The summed E-state index contributed by atoms with van der Waals surface area (Å²) in [6, 6.07) is 9.09. The number of imide groups is 2. The minimum absolute atomic E-state index is 0.0314.